The number of rotatable bonds is 0. The van der Waals surface area contributed by atoms with Gasteiger partial charge in [-0.3, -0.25) is 0 Å². The molecule has 1 aromatic rings. The molecule has 0 spiro atoms. The quantitative estimate of drug-likeness (QED) is 0.550. The predicted octanol–water partition coefficient (Wildman–Crippen LogP) is 0.810. The Labute approximate surface area is 86.4 Å². The molecule has 80 valence electrons. The van der Waals surface area contributed by atoms with Crippen molar-refractivity contribution in [1.82, 2.24) is 0 Å². The Kier molecular flexibility index (Phi) is 3.68. The highest BCUT2D eigenvalue weighted by atomic mass is 16.4. The minimum absolute atomic E-state index is 1.11. The summed E-state index contributed by atoms with van der Waals surface area (Å²) >= 11 is 0. The van der Waals surface area contributed by atoms with Crippen LogP contribution in [0.1, 0.15) is 5.56 Å². The number of nitrogens with one attached hydrogen (secondary N) is 1. The van der Waals surface area contributed by atoms with Crippen LogP contribution in [-0.2, 0) is 16.0 Å². The van der Waals surface area contributed by atoms with E-state index >= 15 is 0 Å². The maximum Gasteiger partial charge on any atom is 0.414 e. The minimum atomic E-state index is -1.82. The van der Waals surface area contributed by atoms with E-state index in [-0.39, 0.29) is 0 Å². The molecule has 0 unspecified atom stereocenters. The van der Waals surface area contributed by atoms with Crippen molar-refractivity contribution in [1.29, 1.82) is 0 Å². The van der Waals surface area contributed by atoms with Crippen LogP contribution in [0.25, 0.3) is 0 Å². The molecule has 0 radical (unpaired) electrons. The first-order valence-electron chi connectivity index (χ1n) is 4.39. The zero-order chi connectivity index (χ0) is 11.3. The largest absolute Gasteiger partial charge is 0.473 e. The topological polar surface area (TPSA) is 86.6 Å². The normalized spacial score (nSPS) is 11.7. The van der Waals surface area contributed by atoms with Crippen LogP contribution < -0.4 is 5.32 Å². The van der Waals surface area contributed by atoms with Gasteiger partial charge in [0.2, 0.25) is 0 Å². The highest BCUT2D eigenvalue weighted by Gasteiger charge is 2.06. The summed E-state index contributed by atoms with van der Waals surface area (Å²) in [5.74, 6) is -3.65. The lowest BCUT2D eigenvalue weighted by atomic mass is 10.2. The molecule has 1 aliphatic heterocycles. The standard InChI is InChI=1S/C8H9N.C2H2O4/c1-2-4-8-7(3-1)5-6-9-8;3-1(4)2(5)6/h1-4,9H,5-6H2;(H,3,4)(H,5,6). The second-order valence-corrected chi connectivity index (χ2v) is 2.94. The van der Waals surface area contributed by atoms with Crippen LogP contribution in [0.5, 0.6) is 0 Å². The Morgan fingerprint density at radius 3 is 2.27 bits per heavy atom. The van der Waals surface area contributed by atoms with Crippen molar-refractivity contribution in [2.45, 2.75) is 6.42 Å². The van der Waals surface area contributed by atoms with E-state index in [4.69, 9.17) is 19.8 Å². The third-order valence-corrected chi connectivity index (χ3v) is 1.91. The van der Waals surface area contributed by atoms with Crippen LogP contribution >= 0.6 is 0 Å². The number of aliphatic carboxylic acids is 2. The summed E-state index contributed by atoms with van der Waals surface area (Å²) in [4.78, 5) is 18.2. The number of benzene rings is 1. The van der Waals surface area contributed by atoms with Crippen LogP contribution in [0.4, 0.5) is 5.69 Å². The smallest absolute Gasteiger partial charge is 0.414 e. The number of carboxylic acid groups (broad SMARTS) is 2. The number of carboxylic acids is 2. The van der Waals surface area contributed by atoms with Crippen molar-refractivity contribution in [3.05, 3.63) is 29.8 Å². The molecule has 0 fully saturated rings. The van der Waals surface area contributed by atoms with E-state index in [0.29, 0.717) is 0 Å². The molecule has 0 aromatic heterocycles. The van der Waals surface area contributed by atoms with Gasteiger partial charge in [-0.15, -0.1) is 0 Å². The Hall–Kier alpha value is -2.04. The summed E-state index contributed by atoms with van der Waals surface area (Å²) in [6.07, 6.45) is 1.19. The van der Waals surface area contributed by atoms with Crippen LogP contribution in [-0.4, -0.2) is 28.7 Å². The van der Waals surface area contributed by atoms with Gasteiger partial charge in [-0.05, 0) is 18.1 Å². The van der Waals surface area contributed by atoms with Gasteiger partial charge in [0.1, 0.15) is 0 Å². The lowest BCUT2D eigenvalue weighted by molar-refractivity contribution is -0.159. The first-order valence-corrected chi connectivity index (χ1v) is 4.39. The van der Waals surface area contributed by atoms with Gasteiger partial charge >= 0.3 is 11.9 Å². The molecular weight excluding hydrogens is 198 g/mol. The molecule has 1 aliphatic rings. The maximum absolute atomic E-state index is 9.10. The third kappa shape index (κ3) is 3.30. The number of hydrogen-bond donors (Lipinski definition) is 3. The SMILES string of the molecule is O=C(O)C(=O)O.c1ccc2c(c1)CCN2. The first-order chi connectivity index (χ1) is 7.11. The molecular formula is C10H11NO4. The summed E-state index contributed by atoms with van der Waals surface area (Å²) < 4.78 is 0. The second kappa shape index (κ2) is 4.99. The molecule has 0 atom stereocenters. The third-order valence-electron chi connectivity index (χ3n) is 1.91. The molecule has 15 heavy (non-hydrogen) atoms. The maximum atomic E-state index is 9.10. The number of carbonyl (C=O) groups is 2. The van der Waals surface area contributed by atoms with E-state index in [1.165, 1.54) is 17.7 Å². The Bertz CT molecular complexity index is 340. The molecule has 0 saturated carbocycles. The van der Waals surface area contributed by atoms with Gasteiger partial charge in [0.15, 0.2) is 0 Å². The van der Waals surface area contributed by atoms with Gasteiger partial charge in [-0.1, -0.05) is 18.2 Å². The van der Waals surface area contributed by atoms with Crippen molar-refractivity contribution in [2.24, 2.45) is 0 Å². The van der Waals surface area contributed by atoms with Crippen molar-refractivity contribution < 1.29 is 19.8 Å². The summed E-state index contributed by atoms with van der Waals surface area (Å²) in [6.45, 7) is 1.11. The average Bonchev–Trinajstić information content (AvgIpc) is 2.66. The van der Waals surface area contributed by atoms with Crippen molar-refractivity contribution in [2.75, 3.05) is 11.9 Å². The summed E-state index contributed by atoms with van der Waals surface area (Å²) in [5, 5.41) is 18.1. The van der Waals surface area contributed by atoms with E-state index in [0.717, 1.165) is 6.54 Å². The monoisotopic (exact) mass is 209 g/mol. The molecule has 5 heteroatoms. The molecule has 1 aromatic carbocycles. The highest BCUT2D eigenvalue weighted by molar-refractivity contribution is 6.27. The molecule has 0 saturated heterocycles. The first kappa shape index (κ1) is 11.0. The number of hydrogen-bond acceptors (Lipinski definition) is 3. The zero-order valence-corrected chi connectivity index (χ0v) is 7.93. The van der Waals surface area contributed by atoms with E-state index < -0.39 is 11.9 Å². The lowest BCUT2D eigenvalue weighted by Crippen LogP contribution is -2.09. The summed E-state index contributed by atoms with van der Waals surface area (Å²) in [5.41, 5.74) is 2.77. The van der Waals surface area contributed by atoms with Crippen LogP contribution in [0.15, 0.2) is 24.3 Å². The Balaban J connectivity index is 0.000000167. The summed E-state index contributed by atoms with van der Waals surface area (Å²) in [6, 6.07) is 8.46. The van der Waals surface area contributed by atoms with Gasteiger partial charge < -0.3 is 15.5 Å². The van der Waals surface area contributed by atoms with E-state index in [1.807, 2.05) is 0 Å². The van der Waals surface area contributed by atoms with Gasteiger partial charge in [-0.2, -0.15) is 0 Å². The molecule has 0 bridgehead atoms. The van der Waals surface area contributed by atoms with E-state index in [9.17, 15) is 0 Å². The predicted molar refractivity (Wildman–Crippen MR) is 53.9 cm³/mol. The average molecular weight is 209 g/mol. The van der Waals surface area contributed by atoms with Crippen LogP contribution in [0.2, 0.25) is 0 Å². The fraction of sp³-hybridized carbons (Fsp3) is 0.200. The van der Waals surface area contributed by atoms with E-state index in [1.54, 1.807) is 0 Å². The molecule has 0 amide bonds. The number of fused-ring (bicyclic) bond motifs is 1. The van der Waals surface area contributed by atoms with E-state index in [2.05, 4.69) is 29.6 Å². The zero-order valence-electron chi connectivity index (χ0n) is 7.93. The molecule has 1 heterocycles. The fourth-order valence-corrected chi connectivity index (χ4v) is 1.24. The number of anilines is 1. The van der Waals surface area contributed by atoms with Gasteiger partial charge in [-0.25, -0.2) is 9.59 Å². The Morgan fingerprint density at radius 1 is 1.13 bits per heavy atom. The molecule has 3 N–H and O–H groups in total. The van der Waals surface area contributed by atoms with Gasteiger partial charge in [0.05, 0.1) is 0 Å². The van der Waals surface area contributed by atoms with Crippen molar-refractivity contribution >= 4 is 17.6 Å². The van der Waals surface area contributed by atoms with Crippen LogP contribution in [0.3, 0.4) is 0 Å². The molecule has 5 nitrogen and oxygen atoms in total. The summed E-state index contributed by atoms with van der Waals surface area (Å²) in [7, 11) is 0. The minimum Gasteiger partial charge on any atom is -0.473 e. The number of para-hydroxylation sites is 1. The molecule has 2 rings (SSSR count). The fourth-order valence-electron chi connectivity index (χ4n) is 1.24. The molecule has 0 aliphatic carbocycles. The second-order valence-electron chi connectivity index (χ2n) is 2.94. The highest BCUT2D eigenvalue weighted by Crippen LogP contribution is 2.19. The van der Waals surface area contributed by atoms with Gasteiger partial charge in [0, 0.05) is 12.2 Å². The van der Waals surface area contributed by atoms with Crippen molar-refractivity contribution in [3.8, 4) is 0 Å². The van der Waals surface area contributed by atoms with Crippen LogP contribution in [0, 0.1) is 0 Å². The lowest BCUT2D eigenvalue weighted by Gasteiger charge is -1.94. The van der Waals surface area contributed by atoms with Crippen molar-refractivity contribution in [3.63, 3.8) is 0 Å². The van der Waals surface area contributed by atoms with Gasteiger partial charge in [0.25, 0.3) is 0 Å². The Morgan fingerprint density at radius 2 is 1.73 bits per heavy atom.